The van der Waals surface area contributed by atoms with Gasteiger partial charge in [0.1, 0.15) is 29.6 Å². The molecule has 1 aliphatic carbocycles. The molecule has 4 N–H and O–H groups in total. The van der Waals surface area contributed by atoms with Crippen LogP contribution in [0, 0.1) is 40.1 Å². The van der Waals surface area contributed by atoms with E-state index in [1.54, 1.807) is 20.8 Å². The van der Waals surface area contributed by atoms with E-state index in [-0.39, 0.29) is 17.3 Å². The molecule has 1 aliphatic heterocycles. The molecule has 1 heterocycles. The van der Waals surface area contributed by atoms with Crippen molar-refractivity contribution in [1.29, 1.82) is 0 Å². The summed E-state index contributed by atoms with van der Waals surface area (Å²) in [5, 5.41) is 5.04. The Balaban J connectivity index is 1.77. The number of hydrogen-bond donors (Lipinski definition) is 3. The summed E-state index contributed by atoms with van der Waals surface area (Å²) in [6.45, 7) is 11.1. The molecule has 3 rings (SSSR count). The van der Waals surface area contributed by atoms with Crippen LogP contribution in [0.4, 0.5) is 18.9 Å². The molecule has 1 aromatic rings. The number of carbonyl (C=O) groups excluding carboxylic acids is 3. The third kappa shape index (κ3) is 4.52. The van der Waals surface area contributed by atoms with Crippen LogP contribution in [0.5, 0.6) is 0 Å². The van der Waals surface area contributed by atoms with Gasteiger partial charge in [0.2, 0.25) is 17.7 Å². The average Bonchev–Trinajstić information content (AvgIpc) is 3.01. The van der Waals surface area contributed by atoms with Crippen molar-refractivity contribution in [3.05, 3.63) is 29.6 Å². The Morgan fingerprint density at radius 2 is 1.70 bits per heavy atom. The number of primary amides is 1. The fourth-order valence-electron chi connectivity index (χ4n) is 4.88. The minimum absolute atomic E-state index is 0.0275. The Bertz CT molecular complexity index is 969. The third-order valence-electron chi connectivity index (χ3n) is 6.94. The fraction of sp³-hybridized carbons (Fsp3) is 0.609. The van der Waals surface area contributed by atoms with Gasteiger partial charge >= 0.3 is 0 Å². The molecule has 0 radical (unpaired) electrons. The lowest BCUT2D eigenvalue weighted by atomic mass is 9.85. The van der Waals surface area contributed by atoms with Crippen molar-refractivity contribution in [2.24, 2.45) is 28.4 Å². The first-order valence-corrected chi connectivity index (χ1v) is 10.9. The summed E-state index contributed by atoms with van der Waals surface area (Å²) in [5.41, 5.74) is 4.16. The maximum atomic E-state index is 14.0. The number of likely N-dealkylation sites (tertiary alicyclic amines) is 1. The van der Waals surface area contributed by atoms with Gasteiger partial charge in [-0.25, -0.2) is 13.2 Å². The zero-order valence-corrected chi connectivity index (χ0v) is 19.6. The lowest BCUT2D eigenvalue weighted by molar-refractivity contribution is -0.144. The summed E-state index contributed by atoms with van der Waals surface area (Å²) < 4.78 is 41.1. The molecule has 10 heteroatoms. The quantitative estimate of drug-likeness (QED) is 0.596. The number of anilines is 1. The number of fused-ring (bicyclic) bond motifs is 1. The molecule has 0 aromatic heterocycles. The van der Waals surface area contributed by atoms with E-state index in [9.17, 15) is 27.6 Å². The van der Waals surface area contributed by atoms with Gasteiger partial charge in [-0.05, 0) is 29.6 Å². The van der Waals surface area contributed by atoms with Gasteiger partial charge in [0.05, 0.1) is 0 Å². The second-order valence-electron chi connectivity index (χ2n) is 10.7. The highest BCUT2D eigenvalue weighted by atomic mass is 19.1. The molecule has 2 aliphatic rings. The molecule has 7 nitrogen and oxygen atoms in total. The van der Waals surface area contributed by atoms with Crippen molar-refractivity contribution < 1.29 is 27.6 Å². The van der Waals surface area contributed by atoms with Gasteiger partial charge in [0.25, 0.3) is 0 Å². The summed E-state index contributed by atoms with van der Waals surface area (Å²) in [7, 11) is 0. The van der Waals surface area contributed by atoms with Crippen molar-refractivity contribution in [3.8, 4) is 0 Å². The predicted octanol–water partition coefficient (Wildman–Crippen LogP) is 2.40. The smallest absolute Gasteiger partial charge is 0.246 e. The summed E-state index contributed by atoms with van der Waals surface area (Å²) in [5.74, 6) is -5.03. The van der Waals surface area contributed by atoms with E-state index in [0.29, 0.717) is 18.7 Å². The Morgan fingerprint density at radius 1 is 1.15 bits per heavy atom. The first-order valence-electron chi connectivity index (χ1n) is 10.9. The van der Waals surface area contributed by atoms with Crippen LogP contribution < -0.4 is 16.4 Å². The molecule has 2 fully saturated rings. The molecule has 0 bridgehead atoms. The number of halogens is 3. The van der Waals surface area contributed by atoms with Crippen LogP contribution >= 0.6 is 0 Å². The molecule has 182 valence electrons. The van der Waals surface area contributed by atoms with E-state index < -0.39 is 64.4 Å². The van der Waals surface area contributed by atoms with Crippen molar-refractivity contribution in [2.45, 2.75) is 59.7 Å². The average molecular weight is 469 g/mol. The normalized spacial score (nSPS) is 25.1. The molecule has 3 amide bonds. The van der Waals surface area contributed by atoms with Crippen LogP contribution in [0.3, 0.4) is 0 Å². The molecule has 3 unspecified atom stereocenters. The zero-order chi connectivity index (χ0) is 25.0. The predicted molar refractivity (Wildman–Crippen MR) is 116 cm³/mol. The Labute approximate surface area is 191 Å². The topological polar surface area (TPSA) is 105 Å². The maximum absolute atomic E-state index is 14.0. The molecular weight excluding hydrogens is 437 g/mol. The Morgan fingerprint density at radius 3 is 2.18 bits per heavy atom. The summed E-state index contributed by atoms with van der Waals surface area (Å²) >= 11 is 0. The molecule has 1 saturated heterocycles. The van der Waals surface area contributed by atoms with Crippen LogP contribution in [0.1, 0.15) is 41.5 Å². The Kier molecular flexibility index (Phi) is 6.19. The van der Waals surface area contributed by atoms with Gasteiger partial charge in [-0.15, -0.1) is 0 Å². The van der Waals surface area contributed by atoms with Gasteiger partial charge in [-0.3, -0.25) is 14.4 Å². The number of piperidine rings is 1. The van der Waals surface area contributed by atoms with Gasteiger partial charge in [-0.1, -0.05) is 34.6 Å². The highest BCUT2D eigenvalue weighted by Crippen LogP contribution is 2.64. The molecule has 5 atom stereocenters. The molecule has 1 saturated carbocycles. The Hall–Kier alpha value is -2.78. The first kappa shape index (κ1) is 24.9. The van der Waals surface area contributed by atoms with E-state index in [1.807, 2.05) is 13.8 Å². The van der Waals surface area contributed by atoms with Gasteiger partial charge in [-0.2, -0.15) is 0 Å². The van der Waals surface area contributed by atoms with E-state index in [0.717, 1.165) is 0 Å². The van der Waals surface area contributed by atoms with E-state index in [2.05, 4.69) is 10.6 Å². The standard InChI is InChI=1S/C23H31F3N4O3/c1-10(28-16-13(25)7-11(24)8-14(16)26)20(32)29-18(22(2,3)4)21(33)30-9-12-15(23(12,5)6)17(30)19(27)31/h7-8,10,12,15,17-18,28H,9H2,1-6H3,(H2,27,31)(H,29,32)/t10-,12?,15?,17?,18+/m0/s1. The lowest BCUT2D eigenvalue weighted by Gasteiger charge is -2.37. The number of nitrogens with zero attached hydrogens (tertiary/aromatic N) is 1. The zero-order valence-electron chi connectivity index (χ0n) is 19.6. The van der Waals surface area contributed by atoms with Crippen LogP contribution in [0.15, 0.2) is 12.1 Å². The van der Waals surface area contributed by atoms with Crippen molar-refractivity contribution in [1.82, 2.24) is 10.2 Å². The number of nitrogens with one attached hydrogen (secondary N) is 2. The van der Waals surface area contributed by atoms with Crippen LogP contribution in [-0.4, -0.2) is 47.3 Å². The first-order chi connectivity index (χ1) is 15.1. The minimum Gasteiger partial charge on any atom is -0.369 e. The molecule has 0 spiro atoms. The van der Waals surface area contributed by atoms with Crippen LogP contribution in [0.2, 0.25) is 0 Å². The number of amides is 3. The SMILES string of the molecule is C[C@H](Nc1c(F)cc(F)cc1F)C(=O)N[C@H](C(=O)N1CC2C(C1C(N)=O)C2(C)C)C(C)(C)C. The fourth-order valence-corrected chi connectivity index (χ4v) is 4.88. The van der Waals surface area contributed by atoms with Crippen molar-refractivity contribution >= 4 is 23.4 Å². The minimum atomic E-state index is -1.18. The van der Waals surface area contributed by atoms with Crippen LogP contribution in [-0.2, 0) is 14.4 Å². The number of nitrogens with two attached hydrogens (primary N) is 1. The van der Waals surface area contributed by atoms with E-state index in [4.69, 9.17) is 5.73 Å². The maximum Gasteiger partial charge on any atom is 0.246 e. The molecule has 1 aromatic carbocycles. The number of hydrogen-bond acceptors (Lipinski definition) is 4. The number of rotatable bonds is 6. The summed E-state index contributed by atoms with van der Waals surface area (Å²) in [6.07, 6.45) is 0. The van der Waals surface area contributed by atoms with Gasteiger partial charge < -0.3 is 21.3 Å². The van der Waals surface area contributed by atoms with Crippen LogP contribution in [0.25, 0.3) is 0 Å². The number of benzene rings is 1. The second-order valence-corrected chi connectivity index (χ2v) is 10.7. The molecular formula is C23H31F3N4O3. The van der Waals surface area contributed by atoms with Crippen molar-refractivity contribution in [3.63, 3.8) is 0 Å². The largest absolute Gasteiger partial charge is 0.369 e. The highest BCUT2D eigenvalue weighted by molar-refractivity contribution is 5.94. The monoisotopic (exact) mass is 468 g/mol. The van der Waals surface area contributed by atoms with Gasteiger partial charge in [0.15, 0.2) is 11.6 Å². The summed E-state index contributed by atoms with van der Waals surface area (Å²) in [4.78, 5) is 39.9. The van der Waals surface area contributed by atoms with E-state index >= 15 is 0 Å². The molecule has 33 heavy (non-hydrogen) atoms. The van der Waals surface area contributed by atoms with Crippen molar-refractivity contribution in [2.75, 3.05) is 11.9 Å². The van der Waals surface area contributed by atoms with Gasteiger partial charge in [0, 0.05) is 18.7 Å². The summed E-state index contributed by atoms with van der Waals surface area (Å²) in [6, 6.07) is -1.91. The second kappa shape index (κ2) is 8.22. The third-order valence-corrected chi connectivity index (χ3v) is 6.94. The van der Waals surface area contributed by atoms with E-state index in [1.165, 1.54) is 11.8 Å². The highest BCUT2D eigenvalue weighted by Gasteiger charge is 2.69. The number of carbonyl (C=O) groups is 3. The lowest BCUT2D eigenvalue weighted by Crippen LogP contribution is -2.60.